The van der Waals surface area contributed by atoms with Crippen LogP contribution in [0.25, 0.3) is 0 Å². The minimum Gasteiger partial charge on any atom is -0.367 e. The third kappa shape index (κ3) is 3.16. The molecular formula is C16H19N5O. The lowest BCUT2D eigenvalue weighted by Gasteiger charge is -2.31. The molecule has 6 nitrogen and oxygen atoms in total. The molecule has 1 aromatic heterocycles. The van der Waals surface area contributed by atoms with Gasteiger partial charge in [-0.25, -0.2) is 4.98 Å². The number of nitriles is 1. The number of aryl methyl sites for hydroxylation is 1. The van der Waals surface area contributed by atoms with Crippen molar-refractivity contribution in [1.29, 1.82) is 5.26 Å². The van der Waals surface area contributed by atoms with Crippen LogP contribution in [0.3, 0.4) is 0 Å². The minimum absolute atomic E-state index is 0.112. The van der Waals surface area contributed by atoms with Gasteiger partial charge < -0.3 is 4.74 Å². The summed E-state index contributed by atoms with van der Waals surface area (Å²) >= 11 is 0. The second-order valence-corrected chi connectivity index (χ2v) is 5.36. The number of aromatic nitrogens is 3. The summed E-state index contributed by atoms with van der Waals surface area (Å²) < 4.78 is 5.79. The molecule has 1 aliphatic heterocycles. The molecule has 3 rings (SSSR count). The van der Waals surface area contributed by atoms with Gasteiger partial charge in [-0.2, -0.15) is 10.4 Å². The molecule has 0 amide bonds. The molecule has 0 saturated carbocycles. The summed E-state index contributed by atoms with van der Waals surface area (Å²) in [7, 11) is 0. The fourth-order valence-electron chi connectivity index (χ4n) is 2.62. The Morgan fingerprint density at radius 2 is 2.32 bits per heavy atom. The Labute approximate surface area is 129 Å². The van der Waals surface area contributed by atoms with Gasteiger partial charge in [0.05, 0.1) is 18.2 Å². The Hall–Kier alpha value is -2.23. The number of morpholine rings is 1. The maximum absolute atomic E-state index is 9.19. The average molecular weight is 297 g/mol. The normalized spacial score (nSPS) is 19.0. The number of H-pyrrole nitrogens is 1. The molecule has 114 valence electrons. The molecule has 1 aromatic carbocycles. The van der Waals surface area contributed by atoms with E-state index in [2.05, 4.69) is 26.2 Å². The summed E-state index contributed by atoms with van der Waals surface area (Å²) in [5.41, 5.74) is 1.78. The SMILES string of the molecule is CCc1nc(C2CN(Cc3ccccc3C#N)CCO2)n[nH]1. The zero-order valence-electron chi connectivity index (χ0n) is 12.6. The zero-order chi connectivity index (χ0) is 15.4. The quantitative estimate of drug-likeness (QED) is 0.931. The van der Waals surface area contributed by atoms with Crippen LogP contribution in [-0.2, 0) is 17.7 Å². The summed E-state index contributed by atoms with van der Waals surface area (Å²) in [5, 5.41) is 16.4. The van der Waals surface area contributed by atoms with Gasteiger partial charge in [0.1, 0.15) is 11.9 Å². The zero-order valence-corrected chi connectivity index (χ0v) is 12.6. The third-order valence-corrected chi connectivity index (χ3v) is 3.85. The first-order valence-electron chi connectivity index (χ1n) is 7.53. The maximum Gasteiger partial charge on any atom is 0.180 e. The summed E-state index contributed by atoms with van der Waals surface area (Å²) in [6.07, 6.45) is 0.721. The van der Waals surface area contributed by atoms with E-state index in [1.54, 1.807) is 0 Å². The van der Waals surface area contributed by atoms with E-state index in [0.29, 0.717) is 6.61 Å². The molecule has 1 N–H and O–H groups in total. The standard InChI is InChI=1S/C16H19N5O/c1-2-15-18-16(20-19-15)14-11-21(7-8-22-14)10-13-6-4-3-5-12(13)9-17/h3-6,14H,2,7-8,10-11H2,1H3,(H,18,19,20). The lowest BCUT2D eigenvalue weighted by Crippen LogP contribution is -2.38. The number of aromatic amines is 1. The number of benzene rings is 1. The van der Waals surface area contributed by atoms with Gasteiger partial charge in [-0.3, -0.25) is 10.00 Å². The summed E-state index contributed by atoms with van der Waals surface area (Å²) in [6.45, 7) is 5.02. The second kappa shape index (κ2) is 6.69. The molecule has 0 bridgehead atoms. The molecule has 1 unspecified atom stereocenters. The van der Waals surface area contributed by atoms with Crippen molar-refractivity contribution in [3.8, 4) is 6.07 Å². The van der Waals surface area contributed by atoms with Crippen LogP contribution < -0.4 is 0 Å². The van der Waals surface area contributed by atoms with E-state index >= 15 is 0 Å². The monoisotopic (exact) mass is 297 g/mol. The number of ether oxygens (including phenoxy) is 1. The first kappa shape index (κ1) is 14.7. The van der Waals surface area contributed by atoms with Gasteiger partial charge in [-0.05, 0) is 11.6 Å². The van der Waals surface area contributed by atoms with Crippen molar-refractivity contribution in [2.45, 2.75) is 26.0 Å². The second-order valence-electron chi connectivity index (χ2n) is 5.36. The van der Waals surface area contributed by atoms with Crippen LogP contribution in [0.2, 0.25) is 0 Å². The molecular weight excluding hydrogens is 278 g/mol. The third-order valence-electron chi connectivity index (χ3n) is 3.85. The Bertz CT molecular complexity index is 675. The summed E-state index contributed by atoms with van der Waals surface area (Å²) in [5.74, 6) is 1.60. The van der Waals surface area contributed by atoms with E-state index in [-0.39, 0.29) is 6.10 Å². The molecule has 1 fully saturated rings. The Morgan fingerprint density at radius 1 is 1.45 bits per heavy atom. The lowest BCUT2D eigenvalue weighted by atomic mass is 10.1. The molecule has 2 heterocycles. The largest absolute Gasteiger partial charge is 0.367 e. The minimum atomic E-state index is -0.112. The van der Waals surface area contributed by atoms with E-state index in [9.17, 15) is 5.26 Å². The van der Waals surface area contributed by atoms with E-state index in [1.807, 2.05) is 31.2 Å². The van der Waals surface area contributed by atoms with Gasteiger partial charge in [-0.1, -0.05) is 25.1 Å². The highest BCUT2D eigenvalue weighted by Crippen LogP contribution is 2.21. The van der Waals surface area contributed by atoms with Crippen molar-refractivity contribution in [3.63, 3.8) is 0 Å². The van der Waals surface area contributed by atoms with E-state index in [1.165, 1.54) is 0 Å². The van der Waals surface area contributed by atoms with Crippen LogP contribution in [0.4, 0.5) is 0 Å². The number of hydrogen-bond donors (Lipinski definition) is 1. The summed E-state index contributed by atoms with van der Waals surface area (Å²) in [4.78, 5) is 6.74. The number of nitrogens with one attached hydrogen (secondary N) is 1. The molecule has 0 radical (unpaired) electrons. The smallest absolute Gasteiger partial charge is 0.180 e. The predicted molar refractivity (Wildman–Crippen MR) is 80.9 cm³/mol. The maximum atomic E-state index is 9.19. The number of rotatable bonds is 4. The molecule has 1 aliphatic rings. The van der Waals surface area contributed by atoms with Crippen LogP contribution in [0.15, 0.2) is 24.3 Å². The van der Waals surface area contributed by atoms with Crippen molar-refractivity contribution in [1.82, 2.24) is 20.1 Å². The van der Waals surface area contributed by atoms with Crippen LogP contribution in [-0.4, -0.2) is 39.8 Å². The van der Waals surface area contributed by atoms with Gasteiger partial charge in [0.2, 0.25) is 0 Å². The molecule has 2 aromatic rings. The van der Waals surface area contributed by atoms with Crippen molar-refractivity contribution in [2.24, 2.45) is 0 Å². The fraction of sp³-hybridized carbons (Fsp3) is 0.438. The van der Waals surface area contributed by atoms with Gasteiger partial charge in [0, 0.05) is 26.1 Å². The van der Waals surface area contributed by atoms with Crippen LogP contribution in [0.5, 0.6) is 0 Å². The first-order chi connectivity index (χ1) is 10.8. The average Bonchev–Trinajstić information content (AvgIpc) is 3.05. The molecule has 6 heteroatoms. The topological polar surface area (TPSA) is 77.8 Å². The number of hydrogen-bond acceptors (Lipinski definition) is 5. The fourth-order valence-corrected chi connectivity index (χ4v) is 2.62. The highest BCUT2D eigenvalue weighted by Gasteiger charge is 2.25. The lowest BCUT2D eigenvalue weighted by molar-refractivity contribution is -0.0371. The molecule has 1 saturated heterocycles. The highest BCUT2D eigenvalue weighted by atomic mass is 16.5. The summed E-state index contributed by atoms with van der Waals surface area (Å²) in [6, 6.07) is 9.98. The predicted octanol–water partition coefficient (Wildman–Crippen LogP) is 1.81. The van der Waals surface area contributed by atoms with E-state index in [0.717, 1.165) is 48.8 Å². The van der Waals surface area contributed by atoms with Crippen molar-refractivity contribution < 1.29 is 4.74 Å². The van der Waals surface area contributed by atoms with Crippen molar-refractivity contribution in [3.05, 3.63) is 47.0 Å². The van der Waals surface area contributed by atoms with Crippen LogP contribution in [0, 0.1) is 11.3 Å². The Morgan fingerprint density at radius 3 is 3.09 bits per heavy atom. The Balaban J connectivity index is 1.69. The highest BCUT2D eigenvalue weighted by molar-refractivity contribution is 5.37. The number of nitrogens with zero attached hydrogens (tertiary/aromatic N) is 4. The first-order valence-corrected chi connectivity index (χ1v) is 7.53. The molecule has 0 spiro atoms. The van der Waals surface area contributed by atoms with Crippen molar-refractivity contribution >= 4 is 0 Å². The Kier molecular flexibility index (Phi) is 4.47. The molecule has 0 aliphatic carbocycles. The van der Waals surface area contributed by atoms with Gasteiger partial charge in [0.25, 0.3) is 0 Å². The van der Waals surface area contributed by atoms with Gasteiger partial charge in [0.15, 0.2) is 5.82 Å². The van der Waals surface area contributed by atoms with Gasteiger partial charge >= 0.3 is 0 Å². The van der Waals surface area contributed by atoms with Crippen LogP contribution >= 0.6 is 0 Å². The van der Waals surface area contributed by atoms with Crippen molar-refractivity contribution in [2.75, 3.05) is 19.7 Å². The molecule has 1 atom stereocenters. The molecule has 22 heavy (non-hydrogen) atoms. The van der Waals surface area contributed by atoms with Gasteiger partial charge in [-0.15, -0.1) is 0 Å². The van der Waals surface area contributed by atoms with E-state index in [4.69, 9.17) is 4.74 Å². The van der Waals surface area contributed by atoms with E-state index < -0.39 is 0 Å². The van der Waals surface area contributed by atoms with Crippen LogP contribution in [0.1, 0.15) is 35.8 Å².